The van der Waals surface area contributed by atoms with Crippen LogP contribution < -0.4 is 0 Å². The Morgan fingerprint density at radius 2 is 2.21 bits per heavy atom. The summed E-state index contributed by atoms with van der Waals surface area (Å²) >= 11 is 10.7. The lowest BCUT2D eigenvalue weighted by atomic mass is 10.2. The van der Waals surface area contributed by atoms with Gasteiger partial charge in [-0.3, -0.25) is 14.9 Å². The number of rotatable bonds is 2. The zero-order valence-corrected chi connectivity index (χ0v) is 8.46. The highest BCUT2D eigenvalue weighted by Gasteiger charge is 2.18. The Kier molecular flexibility index (Phi) is 3.03. The van der Waals surface area contributed by atoms with Gasteiger partial charge in [-0.05, 0) is 18.5 Å². The number of nitrogens with zero attached hydrogens (tertiary/aromatic N) is 2. The van der Waals surface area contributed by atoms with E-state index in [0.29, 0.717) is 0 Å². The molecule has 7 heteroatoms. The molecule has 0 aliphatic heterocycles. The van der Waals surface area contributed by atoms with Crippen LogP contribution in [0.4, 0.5) is 5.69 Å². The SMILES string of the molecule is Cc1nc(Cl)c(C(=O)Cl)cc1[N+](=O)[O-]. The molecule has 1 aromatic heterocycles. The molecule has 0 unspecified atom stereocenters. The standard InChI is InChI=1S/C7H4Cl2N2O3/c1-3-5(11(13)14)2-4(7(9)12)6(8)10-3/h2H,1H3. The Bertz CT molecular complexity index is 384. The molecule has 74 valence electrons. The van der Waals surface area contributed by atoms with Crippen molar-refractivity contribution in [3.05, 3.63) is 32.6 Å². The highest BCUT2D eigenvalue weighted by atomic mass is 35.5. The van der Waals surface area contributed by atoms with E-state index in [1.807, 2.05) is 0 Å². The molecule has 0 amide bonds. The third kappa shape index (κ3) is 2.00. The Hall–Kier alpha value is -1.20. The minimum atomic E-state index is -0.870. The molecule has 0 aliphatic rings. The van der Waals surface area contributed by atoms with Crippen molar-refractivity contribution in [1.82, 2.24) is 4.98 Å². The van der Waals surface area contributed by atoms with Gasteiger partial charge in [0.05, 0.1) is 10.5 Å². The van der Waals surface area contributed by atoms with Gasteiger partial charge in [-0.2, -0.15) is 0 Å². The summed E-state index contributed by atoms with van der Waals surface area (Å²) in [6.45, 7) is 1.42. The molecule has 0 saturated carbocycles. The molecule has 0 fully saturated rings. The molecule has 0 bridgehead atoms. The van der Waals surface area contributed by atoms with Crippen molar-refractivity contribution in [2.24, 2.45) is 0 Å². The predicted molar refractivity (Wildman–Crippen MR) is 50.8 cm³/mol. The number of pyridine rings is 1. The topological polar surface area (TPSA) is 73.1 Å². The molecule has 0 aromatic carbocycles. The molecule has 1 heterocycles. The number of aromatic nitrogens is 1. The normalized spacial score (nSPS) is 9.93. The van der Waals surface area contributed by atoms with Crippen LogP contribution in [-0.4, -0.2) is 15.1 Å². The first-order valence-electron chi connectivity index (χ1n) is 3.45. The molecule has 0 aliphatic carbocycles. The van der Waals surface area contributed by atoms with E-state index < -0.39 is 10.2 Å². The maximum atomic E-state index is 10.8. The zero-order valence-electron chi connectivity index (χ0n) is 6.95. The fourth-order valence-corrected chi connectivity index (χ4v) is 1.35. The molecule has 0 spiro atoms. The number of hydrogen-bond acceptors (Lipinski definition) is 4. The highest BCUT2D eigenvalue weighted by Crippen LogP contribution is 2.24. The van der Waals surface area contributed by atoms with Crippen LogP contribution in [0.15, 0.2) is 6.07 Å². The van der Waals surface area contributed by atoms with Crippen molar-refractivity contribution in [3.63, 3.8) is 0 Å². The van der Waals surface area contributed by atoms with Gasteiger partial charge in [0.15, 0.2) is 0 Å². The van der Waals surface area contributed by atoms with Gasteiger partial charge in [0, 0.05) is 6.07 Å². The number of carbonyl (C=O) groups excluding carboxylic acids is 1. The maximum Gasteiger partial charge on any atom is 0.291 e. The van der Waals surface area contributed by atoms with Gasteiger partial charge >= 0.3 is 0 Å². The van der Waals surface area contributed by atoms with Crippen molar-refractivity contribution in [2.45, 2.75) is 6.92 Å². The Balaban J connectivity index is 3.42. The molecular formula is C7H4Cl2N2O3. The van der Waals surface area contributed by atoms with Crippen LogP contribution >= 0.6 is 23.2 Å². The van der Waals surface area contributed by atoms with Crippen molar-refractivity contribution in [2.75, 3.05) is 0 Å². The van der Waals surface area contributed by atoms with E-state index >= 15 is 0 Å². The van der Waals surface area contributed by atoms with E-state index in [2.05, 4.69) is 4.98 Å². The van der Waals surface area contributed by atoms with Gasteiger partial charge in [-0.25, -0.2) is 4.98 Å². The second-order valence-electron chi connectivity index (χ2n) is 2.46. The number of aryl methyl sites for hydroxylation is 1. The third-order valence-electron chi connectivity index (χ3n) is 1.55. The fraction of sp³-hybridized carbons (Fsp3) is 0.143. The Labute approximate surface area is 88.8 Å². The van der Waals surface area contributed by atoms with Gasteiger partial charge in [-0.1, -0.05) is 11.6 Å². The van der Waals surface area contributed by atoms with Crippen molar-refractivity contribution < 1.29 is 9.72 Å². The average molecular weight is 235 g/mol. The number of carbonyl (C=O) groups is 1. The molecule has 1 aromatic rings. The van der Waals surface area contributed by atoms with Crippen LogP contribution in [0.3, 0.4) is 0 Å². The largest absolute Gasteiger partial charge is 0.291 e. The van der Waals surface area contributed by atoms with E-state index in [1.54, 1.807) is 0 Å². The van der Waals surface area contributed by atoms with E-state index in [-0.39, 0.29) is 22.1 Å². The van der Waals surface area contributed by atoms with E-state index in [9.17, 15) is 14.9 Å². The molecular weight excluding hydrogens is 231 g/mol. The summed E-state index contributed by atoms with van der Waals surface area (Å²) in [6, 6.07) is 1.01. The number of halogens is 2. The monoisotopic (exact) mass is 234 g/mol. The van der Waals surface area contributed by atoms with E-state index in [4.69, 9.17) is 23.2 Å². The summed E-state index contributed by atoms with van der Waals surface area (Å²) in [4.78, 5) is 24.2. The first kappa shape index (κ1) is 10.9. The van der Waals surface area contributed by atoms with Crippen LogP contribution in [0.2, 0.25) is 5.15 Å². The molecule has 14 heavy (non-hydrogen) atoms. The zero-order chi connectivity index (χ0) is 10.9. The number of nitro groups is 1. The highest BCUT2D eigenvalue weighted by molar-refractivity contribution is 6.68. The fourth-order valence-electron chi connectivity index (χ4n) is 0.888. The third-order valence-corrected chi connectivity index (χ3v) is 2.04. The van der Waals surface area contributed by atoms with Crippen molar-refractivity contribution >= 4 is 34.1 Å². The van der Waals surface area contributed by atoms with Crippen LogP contribution in [0, 0.1) is 17.0 Å². The molecule has 1 rings (SSSR count). The lowest BCUT2D eigenvalue weighted by Crippen LogP contribution is -2.00. The quantitative estimate of drug-likeness (QED) is 0.341. The summed E-state index contributed by atoms with van der Waals surface area (Å²) in [6.07, 6.45) is 0. The molecule has 0 radical (unpaired) electrons. The lowest BCUT2D eigenvalue weighted by Gasteiger charge is -2.00. The molecule has 0 saturated heterocycles. The van der Waals surface area contributed by atoms with Crippen LogP contribution in [0.25, 0.3) is 0 Å². The number of hydrogen-bond donors (Lipinski definition) is 0. The minimum absolute atomic E-state index is 0.131. The van der Waals surface area contributed by atoms with Crippen LogP contribution in [-0.2, 0) is 0 Å². The summed E-state index contributed by atoms with van der Waals surface area (Å²) < 4.78 is 0. The average Bonchev–Trinajstić information content (AvgIpc) is 2.02. The van der Waals surface area contributed by atoms with Gasteiger partial charge < -0.3 is 0 Å². The van der Waals surface area contributed by atoms with Crippen LogP contribution in [0.1, 0.15) is 16.1 Å². The van der Waals surface area contributed by atoms with E-state index in [1.165, 1.54) is 6.92 Å². The smallest absolute Gasteiger partial charge is 0.275 e. The van der Waals surface area contributed by atoms with Crippen molar-refractivity contribution in [1.29, 1.82) is 0 Å². The molecule has 5 nitrogen and oxygen atoms in total. The minimum Gasteiger partial charge on any atom is -0.275 e. The summed E-state index contributed by atoms with van der Waals surface area (Å²) in [5.41, 5.74) is -0.300. The predicted octanol–water partition coefficient (Wildman–Crippen LogP) is 2.33. The first-order chi connectivity index (χ1) is 6.43. The second kappa shape index (κ2) is 3.89. The Morgan fingerprint density at radius 3 is 2.64 bits per heavy atom. The molecule has 0 atom stereocenters. The Morgan fingerprint density at radius 1 is 1.64 bits per heavy atom. The van der Waals surface area contributed by atoms with Gasteiger partial charge in [-0.15, -0.1) is 0 Å². The van der Waals surface area contributed by atoms with Gasteiger partial charge in [0.2, 0.25) is 0 Å². The lowest BCUT2D eigenvalue weighted by molar-refractivity contribution is -0.385. The summed E-state index contributed by atoms with van der Waals surface area (Å²) in [5.74, 6) is 0. The van der Waals surface area contributed by atoms with Crippen molar-refractivity contribution in [3.8, 4) is 0 Å². The summed E-state index contributed by atoms with van der Waals surface area (Å²) in [7, 11) is 0. The van der Waals surface area contributed by atoms with E-state index in [0.717, 1.165) is 6.07 Å². The van der Waals surface area contributed by atoms with Gasteiger partial charge in [0.1, 0.15) is 10.8 Å². The molecule has 0 N–H and O–H groups in total. The summed E-state index contributed by atoms with van der Waals surface area (Å²) in [5, 5.41) is 9.47. The first-order valence-corrected chi connectivity index (χ1v) is 4.20. The maximum absolute atomic E-state index is 10.8. The van der Waals surface area contributed by atoms with Gasteiger partial charge in [0.25, 0.3) is 10.9 Å². The second-order valence-corrected chi connectivity index (χ2v) is 3.16. The van der Waals surface area contributed by atoms with Crippen LogP contribution in [0.5, 0.6) is 0 Å².